The number of imide groups is 1. The number of carbonyl (C=O) groups excluding carboxylic acids is 2. The van der Waals surface area contributed by atoms with Crippen molar-refractivity contribution >= 4 is 33.8 Å². The number of benzene rings is 2. The fourth-order valence-electron chi connectivity index (χ4n) is 4.34. The number of hydrogen-bond acceptors (Lipinski definition) is 5. The van der Waals surface area contributed by atoms with Crippen molar-refractivity contribution in [2.45, 2.75) is 45.6 Å². The number of fused-ring (bicyclic) bond motifs is 4. The van der Waals surface area contributed by atoms with Crippen LogP contribution >= 0.6 is 0 Å². The molecule has 5 rings (SSSR count). The van der Waals surface area contributed by atoms with Crippen LogP contribution in [0.1, 0.15) is 65.4 Å². The molecule has 1 atom stereocenters. The minimum Gasteiger partial charge on any atom is -0.330 e. The highest BCUT2D eigenvalue weighted by atomic mass is 16.7. The number of carbonyl (C=O) groups is 2. The Kier molecular flexibility index (Phi) is 5.64. The van der Waals surface area contributed by atoms with Gasteiger partial charge < -0.3 is 4.57 Å². The van der Waals surface area contributed by atoms with Crippen molar-refractivity contribution in [3.05, 3.63) is 71.7 Å². The van der Waals surface area contributed by atoms with Crippen LogP contribution < -0.4 is 0 Å². The summed E-state index contributed by atoms with van der Waals surface area (Å²) in [5, 5.41) is 1.98. The topological polar surface area (TPSA) is 77.3 Å². The van der Waals surface area contributed by atoms with Gasteiger partial charge in [-0.3, -0.25) is 19.4 Å². The van der Waals surface area contributed by atoms with Crippen LogP contribution in [0.15, 0.2) is 54.9 Å². The highest BCUT2D eigenvalue weighted by Gasteiger charge is 2.36. The van der Waals surface area contributed by atoms with Gasteiger partial charge in [0.2, 0.25) is 0 Å². The Morgan fingerprint density at radius 3 is 2.39 bits per heavy atom. The van der Waals surface area contributed by atoms with Crippen LogP contribution in [0.2, 0.25) is 0 Å². The van der Waals surface area contributed by atoms with Crippen molar-refractivity contribution in [1.29, 1.82) is 0 Å². The Morgan fingerprint density at radius 2 is 1.67 bits per heavy atom. The lowest BCUT2D eigenvalue weighted by Gasteiger charge is -2.14. The second-order valence-corrected chi connectivity index (χ2v) is 8.45. The van der Waals surface area contributed by atoms with Crippen molar-refractivity contribution in [2.24, 2.45) is 0 Å². The fourth-order valence-corrected chi connectivity index (χ4v) is 4.34. The molecular weight excluding hydrogens is 416 g/mol. The molecule has 0 saturated heterocycles. The summed E-state index contributed by atoms with van der Waals surface area (Å²) in [6, 6.07) is 15.0. The minimum absolute atomic E-state index is 0.290. The van der Waals surface area contributed by atoms with E-state index in [2.05, 4.69) is 24.5 Å². The molecule has 1 aliphatic rings. The summed E-state index contributed by atoms with van der Waals surface area (Å²) >= 11 is 0. The van der Waals surface area contributed by atoms with Crippen molar-refractivity contribution in [3.8, 4) is 0 Å². The van der Waals surface area contributed by atoms with E-state index >= 15 is 0 Å². The van der Waals surface area contributed by atoms with E-state index in [4.69, 9.17) is 14.8 Å². The summed E-state index contributed by atoms with van der Waals surface area (Å²) in [6.45, 7) is 5.40. The van der Waals surface area contributed by atoms with E-state index < -0.39 is 11.8 Å². The fraction of sp³-hybridized carbons (Fsp3) is 0.308. The van der Waals surface area contributed by atoms with Crippen LogP contribution in [-0.4, -0.2) is 38.0 Å². The van der Waals surface area contributed by atoms with Gasteiger partial charge in [0.25, 0.3) is 11.8 Å². The standard InChI is InChI=1S/C26H26N4O3/c1-3-17(2)22-23-24(20-12-6-7-13-21(20)28-22)29(16-27-23)14-8-9-15-33-30-25(31)18-10-4-5-11-19(18)26(30)32/h4-7,10-13,16-17H,3,8-9,14-15H2,1-2H3. The Labute approximate surface area is 192 Å². The predicted octanol–water partition coefficient (Wildman–Crippen LogP) is 5.11. The van der Waals surface area contributed by atoms with Crippen molar-refractivity contribution in [1.82, 2.24) is 19.6 Å². The zero-order valence-corrected chi connectivity index (χ0v) is 18.8. The summed E-state index contributed by atoms with van der Waals surface area (Å²) in [7, 11) is 0. The second-order valence-electron chi connectivity index (χ2n) is 8.45. The Hall–Kier alpha value is -3.58. The first-order valence-electron chi connectivity index (χ1n) is 11.4. The Balaban J connectivity index is 1.28. The maximum Gasteiger partial charge on any atom is 0.285 e. The number of para-hydroxylation sites is 1. The van der Waals surface area contributed by atoms with Gasteiger partial charge in [-0.1, -0.05) is 44.2 Å². The van der Waals surface area contributed by atoms with E-state index in [9.17, 15) is 9.59 Å². The first kappa shape index (κ1) is 21.3. The maximum atomic E-state index is 12.4. The number of hydroxylamine groups is 2. The van der Waals surface area contributed by atoms with Crippen molar-refractivity contribution < 1.29 is 14.4 Å². The summed E-state index contributed by atoms with van der Waals surface area (Å²) in [5.74, 6) is -0.464. The number of aryl methyl sites for hydroxylation is 1. The molecule has 2 aromatic heterocycles. The molecule has 7 heteroatoms. The molecule has 0 aliphatic carbocycles. The molecule has 1 unspecified atom stereocenters. The molecule has 0 bridgehead atoms. The van der Waals surface area contributed by atoms with Gasteiger partial charge in [-0.25, -0.2) is 4.98 Å². The highest BCUT2D eigenvalue weighted by Crippen LogP contribution is 2.31. The molecule has 0 spiro atoms. The van der Waals surface area contributed by atoms with Crippen LogP contribution in [0.5, 0.6) is 0 Å². The van der Waals surface area contributed by atoms with Gasteiger partial charge in [0.1, 0.15) is 5.52 Å². The summed E-state index contributed by atoms with van der Waals surface area (Å²) in [4.78, 5) is 40.0. The largest absolute Gasteiger partial charge is 0.330 e. The quantitative estimate of drug-likeness (QED) is 0.280. The number of pyridine rings is 1. The van der Waals surface area contributed by atoms with Gasteiger partial charge in [0.15, 0.2) is 0 Å². The Bertz CT molecular complexity index is 1330. The third-order valence-electron chi connectivity index (χ3n) is 6.33. The third kappa shape index (κ3) is 3.68. The molecule has 0 radical (unpaired) electrons. The normalized spacial score (nSPS) is 14.4. The second kappa shape index (κ2) is 8.75. The lowest BCUT2D eigenvalue weighted by Crippen LogP contribution is -2.30. The van der Waals surface area contributed by atoms with Gasteiger partial charge in [0, 0.05) is 17.8 Å². The van der Waals surface area contributed by atoms with E-state index in [0.29, 0.717) is 30.1 Å². The van der Waals surface area contributed by atoms with Gasteiger partial charge in [-0.05, 0) is 37.5 Å². The van der Waals surface area contributed by atoms with Crippen molar-refractivity contribution in [3.63, 3.8) is 0 Å². The summed E-state index contributed by atoms with van der Waals surface area (Å²) < 4.78 is 2.17. The first-order chi connectivity index (χ1) is 16.1. The number of nitrogens with zero attached hydrogens (tertiary/aromatic N) is 4. The number of unbranched alkanes of at least 4 members (excludes halogenated alkanes) is 1. The van der Waals surface area contributed by atoms with Crippen LogP contribution in [0.4, 0.5) is 0 Å². The zero-order valence-electron chi connectivity index (χ0n) is 18.8. The van der Waals surface area contributed by atoms with E-state index in [-0.39, 0.29) is 0 Å². The van der Waals surface area contributed by atoms with Crippen LogP contribution in [-0.2, 0) is 11.4 Å². The smallest absolute Gasteiger partial charge is 0.285 e. The molecule has 0 fully saturated rings. The molecule has 33 heavy (non-hydrogen) atoms. The van der Waals surface area contributed by atoms with Crippen LogP contribution in [0.3, 0.4) is 0 Å². The zero-order chi connectivity index (χ0) is 22.9. The van der Waals surface area contributed by atoms with Crippen molar-refractivity contribution in [2.75, 3.05) is 6.61 Å². The average Bonchev–Trinajstić information content (AvgIpc) is 3.38. The van der Waals surface area contributed by atoms with Gasteiger partial charge in [0.05, 0.1) is 40.8 Å². The monoisotopic (exact) mass is 442 g/mol. The Morgan fingerprint density at radius 1 is 0.970 bits per heavy atom. The van der Waals surface area contributed by atoms with E-state index in [1.54, 1.807) is 24.3 Å². The molecule has 4 aromatic rings. The minimum atomic E-state index is -0.396. The number of amides is 2. The van der Waals surface area contributed by atoms with Crippen LogP contribution in [0.25, 0.3) is 21.9 Å². The van der Waals surface area contributed by atoms with E-state index in [1.807, 2.05) is 24.5 Å². The van der Waals surface area contributed by atoms with Gasteiger partial charge >= 0.3 is 0 Å². The molecule has 2 amide bonds. The average molecular weight is 443 g/mol. The van der Waals surface area contributed by atoms with E-state index in [0.717, 1.165) is 52.1 Å². The molecule has 3 heterocycles. The van der Waals surface area contributed by atoms with E-state index in [1.165, 1.54) is 0 Å². The predicted molar refractivity (Wildman–Crippen MR) is 126 cm³/mol. The third-order valence-corrected chi connectivity index (χ3v) is 6.33. The summed E-state index contributed by atoms with van der Waals surface area (Å²) in [5.41, 5.74) is 4.88. The number of aromatic nitrogens is 3. The summed E-state index contributed by atoms with van der Waals surface area (Å²) in [6.07, 6.45) is 4.41. The molecule has 0 N–H and O–H groups in total. The lowest BCUT2D eigenvalue weighted by molar-refractivity contribution is -0.0923. The molecule has 2 aromatic carbocycles. The van der Waals surface area contributed by atoms with Crippen LogP contribution in [0, 0.1) is 0 Å². The van der Waals surface area contributed by atoms with Gasteiger partial charge in [-0.2, -0.15) is 0 Å². The van der Waals surface area contributed by atoms with Gasteiger partial charge in [-0.15, -0.1) is 5.06 Å². The SMILES string of the molecule is CCC(C)c1nc2ccccc2c2c1ncn2CCCCON1C(=O)c2ccccc2C1=O. The highest BCUT2D eigenvalue weighted by molar-refractivity contribution is 6.20. The molecular formula is C26H26N4O3. The molecule has 0 saturated carbocycles. The number of rotatable bonds is 8. The molecule has 1 aliphatic heterocycles. The lowest BCUT2D eigenvalue weighted by atomic mass is 10.0. The number of imidazole rings is 1. The number of hydrogen-bond donors (Lipinski definition) is 0. The maximum absolute atomic E-state index is 12.4. The first-order valence-corrected chi connectivity index (χ1v) is 11.4. The molecule has 7 nitrogen and oxygen atoms in total. The molecule has 168 valence electrons.